The number of piperidine rings is 1. The highest BCUT2D eigenvalue weighted by atomic mass is 16.6. The van der Waals surface area contributed by atoms with Crippen molar-refractivity contribution >= 4 is 23.4 Å². The molecular formula is C17H27N7O3. The summed E-state index contributed by atoms with van der Waals surface area (Å²) in [6.07, 6.45) is 3.49. The van der Waals surface area contributed by atoms with Gasteiger partial charge in [0.05, 0.1) is 4.92 Å². The van der Waals surface area contributed by atoms with E-state index in [1.807, 2.05) is 9.80 Å². The van der Waals surface area contributed by atoms with Gasteiger partial charge in [0, 0.05) is 45.7 Å². The van der Waals surface area contributed by atoms with E-state index in [9.17, 15) is 14.9 Å². The first-order valence-electron chi connectivity index (χ1n) is 9.50. The third-order valence-corrected chi connectivity index (χ3v) is 5.51. The molecule has 10 nitrogen and oxygen atoms in total. The Morgan fingerprint density at radius 1 is 1.26 bits per heavy atom. The normalized spacial score (nSPS) is 19.3. The zero-order valence-corrected chi connectivity index (χ0v) is 15.7. The van der Waals surface area contributed by atoms with Gasteiger partial charge in [0.2, 0.25) is 17.7 Å². The molecule has 0 radical (unpaired) electrons. The van der Waals surface area contributed by atoms with Crippen LogP contribution in [-0.2, 0) is 4.79 Å². The van der Waals surface area contributed by atoms with Gasteiger partial charge in [0.1, 0.15) is 6.20 Å². The molecule has 1 amide bonds. The van der Waals surface area contributed by atoms with Crippen molar-refractivity contribution in [2.24, 2.45) is 5.92 Å². The molecule has 2 fully saturated rings. The van der Waals surface area contributed by atoms with Crippen LogP contribution in [0.15, 0.2) is 6.20 Å². The van der Waals surface area contributed by atoms with Gasteiger partial charge in [0.25, 0.3) is 0 Å². The molecule has 0 saturated carbocycles. The van der Waals surface area contributed by atoms with Crippen LogP contribution in [0.5, 0.6) is 0 Å². The highest BCUT2D eigenvalue weighted by molar-refractivity contribution is 5.76. The summed E-state index contributed by atoms with van der Waals surface area (Å²) in [6, 6.07) is 0. The fraction of sp³-hybridized carbons (Fsp3) is 0.706. The van der Waals surface area contributed by atoms with Gasteiger partial charge in [-0.15, -0.1) is 0 Å². The van der Waals surface area contributed by atoms with Gasteiger partial charge in [0.15, 0.2) is 0 Å². The molecule has 0 aliphatic carbocycles. The van der Waals surface area contributed by atoms with E-state index in [2.05, 4.69) is 21.8 Å². The molecule has 3 heterocycles. The standard InChI is InChI=1S/C17H27N7O3/c1-2-21-7-9-22(10-8-21)15(25)11-13-3-5-23(6-4-13)17-19-12-14(24(26)27)16(18)20-17/h12-13H,2-11H2,1H3,(H2,18,19,20). The Balaban J connectivity index is 1.48. The number of likely N-dealkylation sites (N-methyl/N-ethyl adjacent to an activating group) is 1. The largest absolute Gasteiger partial charge is 0.378 e. The number of nitrogen functional groups attached to an aromatic ring is 1. The van der Waals surface area contributed by atoms with Crippen molar-refractivity contribution < 1.29 is 9.72 Å². The van der Waals surface area contributed by atoms with Gasteiger partial charge >= 0.3 is 5.69 Å². The SMILES string of the molecule is CCN1CCN(C(=O)CC2CCN(c3ncc([N+](=O)[O-])c(N)n3)CC2)CC1. The van der Waals surface area contributed by atoms with Gasteiger partial charge in [-0.3, -0.25) is 14.9 Å². The number of nitro groups is 1. The number of amides is 1. The Morgan fingerprint density at radius 3 is 2.48 bits per heavy atom. The summed E-state index contributed by atoms with van der Waals surface area (Å²) in [5.74, 6) is 0.903. The molecule has 27 heavy (non-hydrogen) atoms. The first kappa shape index (κ1) is 19.3. The van der Waals surface area contributed by atoms with Crippen LogP contribution in [-0.4, -0.2) is 76.4 Å². The number of piperazine rings is 1. The van der Waals surface area contributed by atoms with Gasteiger partial charge < -0.3 is 20.4 Å². The highest BCUT2D eigenvalue weighted by Crippen LogP contribution is 2.26. The van der Waals surface area contributed by atoms with Crippen molar-refractivity contribution in [2.75, 3.05) is 56.4 Å². The molecule has 0 atom stereocenters. The molecule has 2 saturated heterocycles. The molecule has 0 unspecified atom stereocenters. The Labute approximate surface area is 158 Å². The van der Waals surface area contributed by atoms with E-state index >= 15 is 0 Å². The summed E-state index contributed by atoms with van der Waals surface area (Å²) in [6.45, 7) is 8.18. The van der Waals surface area contributed by atoms with Crippen molar-refractivity contribution in [3.8, 4) is 0 Å². The third kappa shape index (κ3) is 4.62. The monoisotopic (exact) mass is 377 g/mol. The zero-order chi connectivity index (χ0) is 19.4. The maximum Gasteiger partial charge on any atom is 0.329 e. The van der Waals surface area contributed by atoms with Crippen LogP contribution < -0.4 is 10.6 Å². The molecular weight excluding hydrogens is 350 g/mol. The molecule has 0 aromatic carbocycles. The second-order valence-corrected chi connectivity index (χ2v) is 7.15. The van der Waals surface area contributed by atoms with E-state index in [0.29, 0.717) is 18.3 Å². The van der Waals surface area contributed by atoms with E-state index in [1.165, 1.54) is 0 Å². The number of anilines is 2. The number of carbonyl (C=O) groups excluding carboxylic acids is 1. The number of nitrogens with two attached hydrogens (primary N) is 1. The van der Waals surface area contributed by atoms with Crippen LogP contribution in [0.3, 0.4) is 0 Å². The van der Waals surface area contributed by atoms with Gasteiger partial charge in [-0.1, -0.05) is 6.92 Å². The van der Waals surface area contributed by atoms with Crippen molar-refractivity contribution in [2.45, 2.75) is 26.2 Å². The Morgan fingerprint density at radius 2 is 1.93 bits per heavy atom. The minimum absolute atomic E-state index is 0.117. The number of aromatic nitrogens is 2. The van der Waals surface area contributed by atoms with Gasteiger partial charge in [-0.2, -0.15) is 4.98 Å². The fourth-order valence-electron chi connectivity index (χ4n) is 3.70. The van der Waals surface area contributed by atoms with Crippen molar-refractivity contribution in [3.63, 3.8) is 0 Å². The molecule has 0 spiro atoms. The summed E-state index contributed by atoms with van der Waals surface area (Å²) in [5, 5.41) is 10.8. The number of nitrogens with zero attached hydrogens (tertiary/aromatic N) is 6. The number of hydrogen-bond donors (Lipinski definition) is 1. The van der Waals surface area contributed by atoms with E-state index < -0.39 is 4.92 Å². The fourth-order valence-corrected chi connectivity index (χ4v) is 3.70. The molecule has 2 N–H and O–H groups in total. The Bertz CT molecular complexity index is 683. The van der Waals surface area contributed by atoms with Crippen LogP contribution >= 0.6 is 0 Å². The number of hydrogen-bond acceptors (Lipinski definition) is 8. The van der Waals surface area contributed by atoms with Crippen LogP contribution in [0.4, 0.5) is 17.5 Å². The molecule has 3 rings (SSSR count). The van der Waals surface area contributed by atoms with E-state index in [0.717, 1.165) is 64.9 Å². The van der Waals surface area contributed by atoms with Crippen LogP contribution in [0.25, 0.3) is 0 Å². The predicted octanol–water partition coefficient (Wildman–Crippen LogP) is 0.738. The second-order valence-electron chi connectivity index (χ2n) is 7.15. The van der Waals surface area contributed by atoms with E-state index in [-0.39, 0.29) is 17.4 Å². The highest BCUT2D eigenvalue weighted by Gasteiger charge is 2.27. The second kappa shape index (κ2) is 8.47. The predicted molar refractivity (Wildman–Crippen MR) is 101 cm³/mol. The van der Waals surface area contributed by atoms with Crippen molar-refractivity contribution in [1.82, 2.24) is 19.8 Å². The summed E-state index contributed by atoms with van der Waals surface area (Å²) >= 11 is 0. The minimum atomic E-state index is -0.586. The van der Waals surface area contributed by atoms with Crippen molar-refractivity contribution in [3.05, 3.63) is 16.3 Å². The first-order valence-corrected chi connectivity index (χ1v) is 9.50. The number of rotatable bonds is 5. The molecule has 1 aromatic rings. The molecule has 148 valence electrons. The third-order valence-electron chi connectivity index (χ3n) is 5.51. The first-order chi connectivity index (χ1) is 13.0. The average Bonchev–Trinajstić information content (AvgIpc) is 2.68. The molecule has 2 aliphatic rings. The van der Waals surface area contributed by atoms with Crippen molar-refractivity contribution in [1.29, 1.82) is 0 Å². The zero-order valence-electron chi connectivity index (χ0n) is 15.7. The van der Waals surface area contributed by atoms with Gasteiger partial charge in [-0.25, -0.2) is 4.98 Å². The summed E-state index contributed by atoms with van der Waals surface area (Å²) < 4.78 is 0. The van der Waals surface area contributed by atoms with Crippen LogP contribution in [0.2, 0.25) is 0 Å². The minimum Gasteiger partial charge on any atom is -0.378 e. The maximum atomic E-state index is 12.5. The molecule has 0 bridgehead atoms. The lowest BCUT2D eigenvalue weighted by molar-refractivity contribution is -0.384. The summed E-state index contributed by atoms with van der Waals surface area (Å²) in [5.41, 5.74) is 5.38. The smallest absolute Gasteiger partial charge is 0.329 e. The summed E-state index contributed by atoms with van der Waals surface area (Å²) in [4.78, 5) is 37.2. The van der Waals surface area contributed by atoms with Gasteiger partial charge in [-0.05, 0) is 25.3 Å². The van der Waals surface area contributed by atoms with Crippen LogP contribution in [0, 0.1) is 16.0 Å². The molecule has 2 aliphatic heterocycles. The quantitative estimate of drug-likeness (QED) is 0.589. The average molecular weight is 377 g/mol. The van der Waals surface area contributed by atoms with E-state index in [4.69, 9.17) is 5.73 Å². The summed E-state index contributed by atoms with van der Waals surface area (Å²) in [7, 11) is 0. The lowest BCUT2D eigenvalue weighted by Crippen LogP contribution is -2.49. The Hall–Kier alpha value is -2.49. The van der Waals surface area contributed by atoms with Crippen LogP contribution in [0.1, 0.15) is 26.2 Å². The lowest BCUT2D eigenvalue weighted by atomic mass is 9.93. The molecule has 10 heteroatoms. The maximum absolute atomic E-state index is 12.5. The molecule has 1 aromatic heterocycles. The Kier molecular flexibility index (Phi) is 6.04. The number of carbonyl (C=O) groups is 1. The lowest BCUT2D eigenvalue weighted by Gasteiger charge is -2.36. The topological polar surface area (TPSA) is 122 Å². The van der Waals surface area contributed by atoms with E-state index in [1.54, 1.807) is 0 Å².